The molecule has 2 fully saturated rings. The summed E-state index contributed by atoms with van der Waals surface area (Å²) in [6, 6.07) is 3.78. The zero-order chi connectivity index (χ0) is 16.1. The summed E-state index contributed by atoms with van der Waals surface area (Å²) in [5.74, 6) is 0.139. The minimum Gasteiger partial charge on any atom is -0.368 e. The average molecular weight is 337 g/mol. The minimum atomic E-state index is -0.254. The SMILES string of the molecule is O=C(NCCN1CCN(C(=O)c2cccs2)CC1)C1CCCO1. The second-order valence-corrected chi connectivity index (χ2v) is 6.85. The Balaban J connectivity index is 1.34. The van der Waals surface area contributed by atoms with Crippen molar-refractivity contribution in [3.05, 3.63) is 22.4 Å². The molecule has 2 aliphatic heterocycles. The maximum Gasteiger partial charge on any atom is 0.264 e. The van der Waals surface area contributed by atoms with E-state index in [4.69, 9.17) is 4.74 Å². The van der Waals surface area contributed by atoms with Crippen LogP contribution in [-0.4, -0.2) is 73.6 Å². The Kier molecular flexibility index (Phi) is 5.64. The third kappa shape index (κ3) is 4.31. The predicted molar refractivity (Wildman–Crippen MR) is 88.6 cm³/mol. The standard InChI is InChI=1S/C16H23N3O3S/c20-15(13-3-1-11-22-13)17-5-6-18-7-9-19(10-8-18)16(21)14-4-2-12-23-14/h2,4,12-13H,1,3,5-11H2,(H,17,20). The van der Waals surface area contributed by atoms with E-state index in [-0.39, 0.29) is 17.9 Å². The van der Waals surface area contributed by atoms with Crippen LogP contribution in [0.2, 0.25) is 0 Å². The van der Waals surface area contributed by atoms with Gasteiger partial charge >= 0.3 is 0 Å². The van der Waals surface area contributed by atoms with Crippen LogP contribution in [0.15, 0.2) is 17.5 Å². The van der Waals surface area contributed by atoms with Gasteiger partial charge in [-0.05, 0) is 24.3 Å². The number of piperazine rings is 1. The van der Waals surface area contributed by atoms with Crippen molar-refractivity contribution in [2.45, 2.75) is 18.9 Å². The molecule has 1 N–H and O–H groups in total. The van der Waals surface area contributed by atoms with E-state index in [1.54, 1.807) is 0 Å². The number of rotatable bonds is 5. The molecule has 1 aromatic rings. The van der Waals surface area contributed by atoms with Gasteiger partial charge in [0, 0.05) is 45.9 Å². The van der Waals surface area contributed by atoms with Gasteiger partial charge in [-0.25, -0.2) is 0 Å². The number of carbonyl (C=O) groups is 2. The number of thiophene rings is 1. The molecule has 1 aromatic heterocycles. The Bertz CT molecular complexity index is 521. The summed E-state index contributed by atoms with van der Waals surface area (Å²) in [6.45, 7) is 5.35. The van der Waals surface area contributed by atoms with Gasteiger partial charge in [-0.15, -0.1) is 11.3 Å². The van der Waals surface area contributed by atoms with Gasteiger partial charge in [0.1, 0.15) is 6.10 Å². The van der Waals surface area contributed by atoms with Crippen molar-refractivity contribution in [3.63, 3.8) is 0 Å². The quantitative estimate of drug-likeness (QED) is 0.863. The van der Waals surface area contributed by atoms with E-state index in [0.717, 1.165) is 50.4 Å². The average Bonchev–Trinajstić information content (AvgIpc) is 3.28. The van der Waals surface area contributed by atoms with Crippen molar-refractivity contribution < 1.29 is 14.3 Å². The fourth-order valence-corrected chi connectivity index (χ4v) is 3.66. The molecule has 2 saturated heterocycles. The van der Waals surface area contributed by atoms with Gasteiger partial charge in [0.05, 0.1) is 4.88 Å². The Labute approximate surface area is 140 Å². The van der Waals surface area contributed by atoms with E-state index in [2.05, 4.69) is 10.2 Å². The molecule has 126 valence electrons. The molecule has 2 aliphatic rings. The van der Waals surface area contributed by atoms with Gasteiger partial charge in [0.25, 0.3) is 5.91 Å². The van der Waals surface area contributed by atoms with Crippen LogP contribution in [0.4, 0.5) is 0 Å². The van der Waals surface area contributed by atoms with Crippen molar-refractivity contribution >= 4 is 23.2 Å². The largest absolute Gasteiger partial charge is 0.368 e. The summed E-state index contributed by atoms with van der Waals surface area (Å²) in [5, 5.41) is 4.87. The molecule has 0 spiro atoms. The number of hydrogen-bond acceptors (Lipinski definition) is 5. The van der Waals surface area contributed by atoms with Crippen molar-refractivity contribution in [2.24, 2.45) is 0 Å². The molecule has 0 aliphatic carbocycles. The van der Waals surface area contributed by atoms with E-state index in [0.29, 0.717) is 13.2 Å². The van der Waals surface area contributed by atoms with Crippen LogP contribution in [0.3, 0.4) is 0 Å². The molecule has 1 unspecified atom stereocenters. The van der Waals surface area contributed by atoms with Gasteiger partial charge in [0.2, 0.25) is 5.91 Å². The molecule has 1 atom stereocenters. The van der Waals surface area contributed by atoms with Gasteiger partial charge in [-0.2, -0.15) is 0 Å². The van der Waals surface area contributed by atoms with Gasteiger partial charge in [-0.3, -0.25) is 14.5 Å². The number of amides is 2. The Morgan fingerprint density at radius 3 is 2.78 bits per heavy atom. The lowest BCUT2D eigenvalue weighted by Gasteiger charge is -2.34. The van der Waals surface area contributed by atoms with Crippen LogP contribution in [0.5, 0.6) is 0 Å². The monoisotopic (exact) mass is 337 g/mol. The van der Waals surface area contributed by atoms with E-state index in [1.807, 2.05) is 22.4 Å². The maximum atomic E-state index is 12.3. The molecule has 0 saturated carbocycles. The minimum absolute atomic E-state index is 0.00834. The number of ether oxygens (including phenoxy) is 1. The molecule has 6 nitrogen and oxygen atoms in total. The van der Waals surface area contributed by atoms with Crippen LogP contribution in [0.1, 0.15) is 22.5 Å². The van der Waals surface area contributed by atoms with Crippen LogP contribution in [0.25, 0.3) is 0 Å². The highest BCUT2D eigenvalue weighted by molar-refractivity contribution is 7.12. The molecular weight excluding hydrogens is 314 g/mol. The fourth-order valence-electron chi connectivity index (χ4n) is 2.97. The number of hydrogen-bond donors (Lipinski definition) is 1. The highest BCUT2D eigenvalue weighted by atomic mass is 32.1. The molecular formula is C16H23N3O3S. The van der Waals surface area contributed by atoms with Gasteiger partial charge in [0.15, 0.2) is 0 Å². The summed E-state index contributed by atoms with van der Waals surface area (Å²) in [6.07, 6.45) is 1.54. The second kappa shape index (κ2) is 7.90. The normalized spacial score (nSPS) is 22.3. The third-order valence-corrected chi connectivity index (χ3v) is 5.20. The second-order valence-electron chi connectivity index (χ2n) is 5.90. The molecule has 3 heterocycles. The van der Waals surface area contributed by atoms with E-state index >= 15 is 0 Å². The first-order valence-electron chi connectivity index (χ1n) is 8.18. The van der Waals surface area contributed by atoms with E-state index in [9.17, 15) is 9.59 Å². The fraction of sp³-hybridized carbons (Fsp3) is 0.625. The topological polar surface area (TPSA) is 61.9 Å². The summed E-state index contributed by atoms with van der Waals surface area (Å²) < 4.78 is 5.36. The zero-order valence-electron chi connectivity index (χ0n) is 13.2. The van der Waals surface area contributed by atoms with Gasteiger partial charge < -0.3 is 15.0 Å². The highest BCUT2D eigenvalue weighted by Gasteiger charge is 2.24. The molecule has 3 rings (SSSR count). The molecule has 23 heavy (non-hydrogen) atoms. The molecule has 0 radical (unpaired) electrons. The Morgan fingerprint density at radius 1 is 1.30 bits per heavy atom. The Hall–Kier alpha value is -1.44. The summed E-state index contributed by atoms with van der Waals surface area (Å²) >= 11 is 1.49. The lowest BCUT2D eigenvalue weighted by atomic mass is 10.2. The Morgan fingerprint density at radius 2 is 2.13 bits per heavy atom. The molecule has 0 bridgehead atoms. The molecule has 2 amide bonds. The highest BCUT2D eigenvalue weighted by Crippen LogP contribution is 2.14. The van der Waals surface area contributed by atoms with Crippen LogP contribution < -0.4 is 5.32 Å². The first-order chi connectivity index (χ1) is 11.2. The number of carbonyl (C=O) groups excluding carboxylic acids is 2. The summed E-state index contributed by atoms with van der Waals surface area (Å²) in [4.78, 5) is 29.1. The lowest BCUT2D eigenvalue weighted by Crippen LogP contribution is -2.50. The van der Waals surface area contributed by atoms with Gasteiger partial charge in [-0.1, -0.05) is 6.07 Å². The number of nitrogens with zero attached hydrogens (tertiary/aromatic N) is 2. The van der Waals surface area contributed by atoms with Crippen LogP contribution in [0, 0.1) is 0 Å². The molecule has 0 aromatic carbocycles. The first kappa shape index (κ1) is 16.4. The number of nitrogens with one attached hydrogen (secondary N) is 1. The van der Waals surface area contributed by atoms with Crippen molar-refractivity contribution in [1.82, 2.24) is 15.1 Å². The van der Waals surface area contributed by atoms with E-state index < -0.39 is 0 Å². The van der Waals surface area contributed by atoms with E-state index in [1.165, 1.54) is 11.3 Å². The summed E-state index contributed by atoms with van der Waals surface area (Å²) in [5.41, 5.74) is 0. The first-order valence-corrected chi connectivity index (χ1v) is 9.06. The zero-order valence-corrected chi connectivity index (χ0v) is 14.0. The summed E-state index contributed by atoms with van der Waals surface area (Å²) in [7, 11) is 0. The third-order valence-electron chi connectivity index (χ3n) is 4.34. The van der Waals surface area contributed by atoms with Crippen molar-refractivity contribution in [1.29, 1.82) is 0 Å². The smallest absolute Gasteiger partial charge is 0.264 e. The van der Waals surface area contributed by atoms with Crippen LogP contribution in [-0.2, 0) is 9.53 Å². The van der Waals surface area contributed by atoms with Crippen molar-refractivity contribution in [3.8, 4) is 0 Å². The predicted octanol–water partition coefficient (Wildman–Crippen LogP) is 0.801. The lowest BCUT2D eigenvalue weighted by molar-refractivity contribution is -0.130. The van der Waals surface area contributed by atoms with Crippen LogP contribution >= 0.6 is 11.3 Å². The molecule has 7 heteroatoms. The van der Waals surface area contributed by atoms with Crippen molar-refractivity contribution in [2.75, 3.05) is 45.9 Å². The maximum absolute atomic E-state index is 12.3.